The lowest BCUT2D eigenvalue weighted by molar-refractivity contribution is -0.131. The molecular weight excluding hydrogens is 352 g/mol. The van der Waals surface area contributed by atoms with Crippen molar-refractivity contribution in [2.45, 2.75) is 72.3 Å². The standard InChI is InChI=1S/C24H32O4/c1-15-6-11-19-22(3,4)20-14-24(15,19)13-12-23(20,5)28-21(26)17-7-9-18(10-8-17)27-16(2)25/h7-10,15,19-20H,6,11-14H2,1-5H3. The Labute approximate surface area is 168 Å². The van der Waals surface area contributed by atoms with Crippen molar-refractivity contribution in [3.63, 3.8) is 0 Å². The highest BCUT2D eigenvalue weighted by molar-refractivity contribution is 5.90. The van der Waals surface area contributed by atoms with Gasteiger partial charge in [-0.15, -0.1) is 0 Å². The van der Waals surface area contributed by atoms with E-state index in [1.54, 1.807) is 24.3 Å². The zero-order chi connectivity index (χ0) is 20.3. The van der Waals surface area contributed by atoms with Gasteiger partial charge in [-0.05, 0) is 86.0 Å². The highest BCUT2D eigenvalue weighted by Gasteiger charge is 2.68. The maximum Gasteiger partial charge on any atom is 0.338 e. The summed E-state index contributed by atoms with van der Waals surface area (Å²) in [6.45, 7) is 10.7. The summed E-state index contributed by atoms with van der Waals surface area (Å²) in [6, 6.07) is 6.62. The molecule has 1 spiro atoms. The van der Waals surface area contributed by atoms with Crippen LogP contribution in [0, 0.1) is 28.6 Å². The van der Waals surface area contributed by atoms with Gasteiger partial charge in [-0.25, -0.2) is 4.79 Å². The maximum absolute atomic E-state index is 12.9. The van der Waals surface area contributed by atoms with Crippen LogP contribution >= 0.6 is 0 Å². The summed E-state index contributed by atoms with van der Waals surface area (Å²) in [5.41, 5.74) is 0.716. The first-order chi connectivity index (χ1) is 13.1. The Balaban J connectivity index is 1.53. The summed E-state index contributed by atoms with van der Waals surface area (Å²) in [7, 11) is 0. The number of carbonyl (C=O) groups is 2. The molecule has 0 saturated heterocycles. The zero-order valence-corrected chi connectivity index (χ0v) is 17.7. The molecule has 5 atom stereocenters. The van der Waals surface area contributed by atoms with Gasteiger partial charge in [0.25, 0.3) is 0 Å². The first kappa shape index (κ1) is 19.5. The molecule has 4 rings (SSSR count). The smallest absolute Gasteiger partial charge is 0.338 e. The Hall–Kier alpha value is -1.84. The molecule has 0 aliphatic heterocycles. The van der Waals surface area contributed by atoms with Crippen LogP contribution in [0.25, 0.3) is 0 Å². The number of hydrogen-bond acceptors (Lipinski definition) is 4. The Morgan fingerprint density at radius 2 is 1.68 bits per heavy atom. The molecule has 3 fully saturated rings. The predicted molar refractivity (Wildman–Crippen MR) is 107 cm³/mol. The predicted octanol–water partition coefficient (Wildman–Crippen LogP) is 5.40. The van der Waals surface area contributed by atoms with Crippen molar-refractivity contribution in [2.24, 2.45) is 28.6 Å². The van der Waals surface area contributed by atoms with Gasteiger partial charge in [0.05, 0.1) is 5.56 Å². The molecule has 2 bridgehead atoms. The Bertz CT molecular complexity index is 795. The van der Waals surface area contributed by atoms with E-state index in [0.717, 1.165) is 24.7 Å². The van der Waals surface area contributed by atoms with E-state index < -0.39 is 5.60 Å². The molecule has 28 heavy (non-hydrogen) atoms. The lowest BCUT2D eigenvalue weighted by atomic mass is 9.64. The van der Waals surface area contributed by atoms with Crippen molar-refractivity contribution in [3.05, 3.63) is 29.8 Å². The van der Waals surface area contributed by atoms with Crippen LogP contribution in [0.1, 0.15) is 77.1 Å². The van der Waals surface area contributed by atoms with E-state index in [-0.39, 0.29) is 17.4 Å². The van der Waals surface area contributed by atoms with E-state index in [1.165, 1.54) is 26.2 Å². The van der Waals surface area contributed by atoms with Crippen molar-refractivity contribution >= 4 is 11.9 Å². The molecule has 3 aliphatic rings. The van der Waals surface area contributed by atoms with Crippen LogP contribution in [0.3, 0.4) is 0 Å². The molecule has 0 amide bonds. The van der Waals surface area contributed by atoms with Gasteiger partial charge in [0.1, 0.15) is 11.4 Å². The summed E-state index contributed by atoms with van der Waals surface area (Å²) in [6.07, 6.45) is 5.94. The number of rotatable bonds is 3. The average Bonchev–Trinajstić information content (AvgIpc) is 3.04. The van der Waals surface area contributed by atoms with Crippen LogP contribution in [0.4, 0.5) is 0 Å². The second-order valence-corrected chi connectivity index (χ2v) is 10.2. The summed E-state index contributed by atoms with van der Waals surface area (Å²) in [5.74, 6) is 1.69. The molecule has 152 valence electrons. The third-order valence-electron chi connectivity index (χ3n) is 8.45. The first-order valence-electron chi connectivity index (χ1n) is 10.6. The molecule has 1 aromatic carbocycles. The molecule has 1 aromatic rings. The fourth-order valence-corrected chi connectivity index (χ4v) is 7.08. The molecular formula is C24H32O4. The van der Waals surface area contributed by atoms with Crippen LogP contribution in [0.5, 0.6) is 5.75 Å². The van der Waals surface area contributed by atoms with Crippen LogP contribution in [0.15, 0.2) is 24.3 Å². The van der Waals surface area contributed by atoms with Crippen molar-refractivity contribution in [3.8, 4) is 5.75 Å². The van der Waals surface area contributed by atoms with Gasteiger partial charge < -0.3 is 9.47 Å². The number of esters is 2. The van der Waals surface area contributed by atoms with Gasteiger partial charge in [0.2, 0.25) is 0 Å². The van der Waals surface area contributed by atoms with E-state index >= 15 is 0 Å². The quantitative estimate of drug-likeness (QED) is 0.517. The van der Waals surface area contributed by atoms with Crippen LogP contribution in [-0.2, 0) is 9.53 Å². The van der Waals surface area contributed by atoms with Gasteiger partial charge in [0, 0.05) is 12.8 Å². The Kier molecular flexibility index (Phi) is 4.40. The largest absolute Gasteiger partial charge is 0.455 e. The fraction of sp³-hybridized carbons (Fsp3) is 0.667. The minimum absolute atomic E-state index is 0.190. The molecule has 4 nitrogen and oxygen atoms in total. The lowest BCUT2D eigenvalue weighted by Crippen LogP contribution is -2.47. The monoisotopic (exact) mass is 384 g/mol. The normalized spacial score (nSPS) is 38.0. The number of benzene rings is 1. The van der Waals surface area contributed by atoms with Gasteiger partial charge in [-0.2, -0.15) is 0 Å². The van der Waals surface area contributed by atoms with E-state index in [9.17, 15) is 9.59 Å². The second kappa shape index (κ2) is 6.33. The lowest BCUT2D eigenvalue weighted by Gasteiger charge is -2.46. The number of ether oxygens (including phenoxy) is 2. The van der Waals surface area contributed by atoms with E-state index in [2.05, 4.69) is 27.7 Å². The molecule has 4 heteroatoms. The molecule has 3 aliphatic carbocycles. The first-order valence-corrected chi connectivity index (χ1v) is 10.6. The van der Waals surface area contributed by atoms with Gasteiger partial charge >= 0.3 is 11.9 Å². The third-order valence-corrected chi connectivity index (χ3v) is 8.45. The molecule has 5 unspecified atom stereocenters. The molecule has 0 N–H and O–H groups in total. The van der Waals surface area contributed by atoms with Crippen molar-refractivity contribution in [1.82, 2.24) is 0 Å². The van der Waals surface area contributed by atoms with Crippen LogP contribution in [-0.4, -0.2) is 17.5 Å². The molecule has 0 radical (unpaired) electrons. The van der Waals surface area contributed by atoms with Gasteiger partial charge in [-0.1, -0.05) is 20.8 Å². The minimum Gasteiger partial charge on any atom is -0.455 e. The fourth-order valence-electron chi connectivity index (χ4n) is 7.08. The number of fused-ring (bicyclic) bond motifs is 1. The highest BCUT2D eigenvalue weighted by atomic mass is 16.6. The maximum atomic E-state index is 12.9. The molecule has 3 saturated carbocycles. The van der Waals surface area contributed by atoms with Crippen molar-refractivity contribution < 1.29 is 19.1 Å². The summed E-state index contributed by atoms with van der Waals surface area (Å²) < 4.78 is 11.2. The highest BCUT2D eigenvalue weighted by Crippen LogP contribution is 2.73. The SMILES string of the molecule is CC(=O)Oc1ccc(C(=O)OC2(C)CCC34CC2C(C)(C)C3CCC4C)cc1. The second-order valence-electron chi connectivity index (χ2n) is 10.2. The van der Waals surface area contributed by atoms with Crippen molar-refractivity contribution in [1.29, 1.82) is 0 Å². The van der Waals surface area contributed by atoms with E-state index in [4.69, 9.17) is 9.47 Å². The van der Waals surface area contributed by atoms with Gasteiger partial charge in [0.15, 0.2) is 0 Å². The van der Waals surface area contributed by atoms with E-state index in [0.29, 0.717) is 22.6 Å². The van der Waals surface area contributed by atoms with Crippen LogP contribution in [0.2, 0.25) is 0 Å². The van der Waals surface area contributed by atoms with Crippen molar-refractivity contribution in [2.75, 3.05) is 0 Å². The zero-order valence-electron chi connectivity index (χ0n) is 17.7. The summed E-state index contributed by atoms with van der Waals surface area (Å²) >= 11 is 0. The molecule has 0 heterocycles. The molecule has 0 aromatic heterocycles. The third kappa shape index (κ3) is 2.79. The number of carbonyl (C=O) groups excluding carboxylic acids is 2. The Morgan fingerprint density at radius 3 is 2.32 bits per heavy atom. The summed E-state index contributed by atoms with van der Waals surface area (Å²) in [4.78, 5) is 24.0. The Morgan fingerprint density at radius 1 is 1.00 bits per heavy atom. The topological polar surface area (TPSA) is 52.6 Å². The minimum atomic E-state index is -0.426. The summed E-state index contributed by atoms with van der Waals surface area (Å²) in [5, 5.41) is 0. The van der Waals surface area contributed by atoms with Gasteiger partial charge in [-0.3, -0.25) is 4.79 Å². The van der Waals surface area contributed by atoms with E-state index in [1.807, 2.05) is 0 Å². The number of hydrogen-bond donors (Lipinski definition) is 0. The van der Waals surface area contributed by atoms with Crippen LogP contribution < -0.4 is 4.74 Å². The average molecular weight is 385 g/mol.